The van der Waals surface area contributed by atoms with Crippen LogP contribution in [-0.2, 0) is 26.2 Å². The minimum Gasteiger partial charge on any atom is -0.486 e. The molecule has 2 atom stereocenters. The van der Waals surface area contributed by atoms with Crippen molar-refractivity contribution in [2.24, 2.45) is 0 Å². The Balaban J connectivity index is 1.72. The number of carbonyl (C=O) groups is 2. The van der Waals surface area contributed by atoms with Crippen molar-refractivity contribution in [3.05, 3.63) is 83.9 Å². The Hall–Kier alpha value is -4.19. The van der Waals surface area contributed by atoms with Crippen molar-refractivity contribution in [3.63, 3.8) is 0 Å². The topological polar surface area (TPSA) is 105 Å². The van der Waals surface area contributed by atoms with Crippen molar-refractivity contribution in [1.29, 1.82) is 0 Å². The zero-order valence-corrected chi connectivity index (χ0v) is 24.4. The molecular weight excluding hydrogens is 568 g/mol. The number of ether oxygens (including phenoxy) is 2. The SMILES string of the molecule is CCC(C)NC(=O)C(C)N(Cc1ccccc1F)C(=O)CN(c1ccc(F)cc1)S(=O)(=O)c1ccc2c(c1)OCCO2. The molecule has 1 aliphatic rings. The predicted octanol–water partition coefficient (Wildman–Crippen LogP) is 4.26. The number of fused-ring (bicyclic) bond motifs is 1. The summed E-state index contributed by atoms with van der Waals surface area (Å²) < 4.78 is 68.3. The number of nitrogens with one attached hydrogen (secondary N) is 1. The van der Waals surface area contributed by atoms with E-state index in [1.807, 2.05) is 13.8 Å². The van der Waals surface area contributed by atoms with Gasteiger partial charge >= 0.3 is 0 Å². The van der Waals surface area contributed by atoms with Gasteiger partial charge in [-0.1, -0.05) is 25.1 Å². The second kappa shape index (κ2) is 13.2. The third-order valence-electron chi connectivity index (χ3n) is 6.96. The summed E-state index contributed by atoms with van der Waals surface area (Å²) in [7, 11) is -4.43. The molecule has 0 spiro atoms. The summed E-state index contributed by atoms with van der Waals surface area (Å²) in [5, 5.41) is 2.82. The lowest BCUT2D eigenvalue weighted by Gasteiger charge is -2.32. The van der Waals surface area contributed by atoms with Gasteiger partial charge in [0.25, 0.3) is 10.0 Å². The number of carbonyl (C=O) groups excluding carboxylic acids is 2. The standard InChI is InChI=1S/C30H33F2N3O6S/c1-4-20(2)33-30(37)21(3)34(18-22-7-5-6-8-26(22)32)29(36)19-35(24-11-9-23(31)10-12-24)42(38,39)25-13-14-27-28(17-25)41-16-15-40-27/h5-14,17,20-21H,4,15-16,18-19H2,1-3H3,(H,33,37). The van der Waals surface area contributed by atoms with E-state index in [2.05, 4.69) is 5.32 Å². The van der Waals surface area contributed by atoms with E-state index in [0.717, 1.165) is 21.3 Å². The summed E-state index contributed by atoms with van der Waals surface area (Å²) in [5.74, 6) is -1.82. The van der Waals surface area contributed by atoms with E-state index < -0.39 is 46.1 Å². The summed E-state index contributed by atoms with van der Waals surface area (Å²) in [6, 6.07) is 13.3. The third-order valence-corrected chi connectivity index (χ3v) is 8.73. The molecule has 2 unspecified atom stereocenters. The number of benzene rings is 3. The smallest absolute Gasteiger partial charge is 0.264 e. The van der Waals surface area contributed by atoms with Gasteiger partial charge in [0, 0.05) is 24.2 Å². The molecule has 0 aliphatic carbocycles. The number of nitrogens with zero attached hydrogens (tertiary/aromatic N) is 2. The normalized spacial score (nSPS) is 14.0. The van der Waals surface area contributed by atoms with Crippen LogP contribution in [0.25, 0.3) is 0 Å². The molecule has 0 bridgehead atoms. The monoisotopic (exact) mass is 601 g/mol. The van der Waals surface area contributed by atoms with Crippen molar-refractivity contribution in [2.75, 3.05) is 24.1 Å². The van der Waals surface area contributed by atoms with Crippen LogP contribution in [0.3, 0.4) is 0 Å². The van der Waals surface area contributed by atoms with Crippen molar-refractivity contribution >= 4 is 27.5 Å². The molecule has 1 aliphatic heterocycles. The number of halogens is 2. The minimum atomic E-state index is -4.43. The fourth-order valence-corrected chi connectivity index (χ4v) is 5.74. The van der Waals surface area contributed by atoms with Gasteiger partial charge in [0.15, 0.2) is 11.5 Å². The number of rotatable bonds is 11. The Bertz CT molecular complexity index is 1530. The molecule has 0 aromatic heterocycles. The maximum Gasteiger partial charge on any atom is 0.264 e. The lowest BCUT2D eigenvalue weighted by molar-refractivity contribution is -0.139. The van der Waals surface area contributed by atoms with E-state index in [4.69, 9.17) is 9.47 Å². The molecule has 3 aromatic rings. The number of sulfonamides is 1. The van der Waals surface area contributed by atoms with Crippen LogP contribution in [-0.4, -0.2) is 57.0 Å². The molecule has 0 radical (unpaired) electrons. The Labute approximate surface area is 244 Å². The third kappa shape index (κ3) is 6.99. The first-order valence-corrected chi connectivity index (χ1v) is 15.0. The molecule has 0 fully saturated rings. The fourth-order valence-electron chi connectivity index (χ4n) is 4.31. The van der Waals surface area contributed by atoms with E-state index in [0.29, 0.717) is 18.8 Å². The van der Waals surface area contributed by atoms with Crippen molar-refractivity contribution < 1.29 is 36.3 Å². The van der Waals surface area contributed by atoms with E-state index in [1.165, 1.54) is 55.5 Å². The van der Waals surface area contributed by atoms with Crippen LogP contribution in [0.1, 0.15) is 32.8 Å². The van der Waals surface area contributed by atoms with Gasteiger partial charge in [-0.15, -0.1) is 0 Å². The quantitative estimate of drug-likeness (QED) is 0.352. The molecule has 2 amide bonds. The molecule has 0 saturated carbocycles. The van der Waals surface area contributed by atoms with Crippen LogP contribution in [0, 0.1) is 11.6 Å². The van der Waals surface area contributed by atoms with Gasteiger partial charge in [0.05, 0.1) is 10.6 Å². The van der Waals surface area contributed by atoms with Crippen LogP contribution < -0.4 is 19.1 Å². The van der Waals surface area contributed by atoms with Crippen LogP contribution in [0.15, 0.2) is 71.6 Å². The van der Waals surface area contributed by atoms with Gasteiger partial charge in [-0.2, -0.15) is 0 Å². The highest BCUT2D eigenvalue weighted by Gasteiger charge is 2.34. The summed E-state index contributed by atoms with van der Waals surface area (Å²) in [4.78, 5) is 27.9. The highest BCUT2D eigenvalue weighted by Crippen LogP contribution is 2.34. The van der Waals surface area contributed by atoms with Gasteiger partial charge in [0.1, 0.15) is 37.4 Å². The number of hydrogen-bond acceptors (Lipinski definition) is 6. The van der Waals surface area contributed by atoms with Gasteiger partial charge < -0.3 is 19.7 Å². The Morgan fingerprint density at radius 2 is 1.62 bits per heavy atom. The zero-order chi connectivity index (χ0) is 30.4. The largest absolute Gasteiger partial charge is 0.486 e. The number of anilines is 1. The summed E-state index contributed by atoms with van der Waals surface area (Å²) in [5.41, 5.74) is 0.166. The molecule has 1 N–H and O–H groups in total. The summed E-state index contributed by atoms with van der Waals surface area (Å²) >= 11 is 0. The maximum atomic E-state index is 14.7. The first-order chi connectivity index (χ1) is 20.0. The van der Waals surface area contributed by atoms with Crippen LogP contribution in [0.4, 0.5) is 14.5 Å². The van der Waals surface area contributed by atoms with Crippen LogP contribution >= 0.6 is 0 Å². The molecule has 42 heavy (non-hydrogen) atoms. The van der Waals surface area contributed by atoms with E-state index in [-0.39, 0.29) is 41.1 Å². The Morgan fingerprint density at radius 1 is 0.952 bits per heavy atom. The Kier molecular flexibility index (Phi) is 9.66. The second-order valence-corrected chi connectivity index (χ2v) is 11.8. The second-order valence-electron chi connectivity index (χ2n) is 9.90. The minimum absolute atomic E-state index is 0.0159. The molecule has 4 rings (SSSR count). The molecule has 224 valence electrons. The van der Waals surface area contributed by atoms with E-state index >= 15 is 0 Å². The fraction of sp³-hybridized carbons (Fsp3) is 0.333. The molecule has 9 nitrogen and oxygen atoms in total. The first-order valence-electron chi connectivity index (χ1n) is 13.5. The average molecular weight is 602 g/mol. The molecule has 0 saturated heterocycles. The molecular formula is C30H33F2N3O6S. The van der Waals surface area contributed by atoms with Gasteiger partial charge in [-0.05, 0) is 62.7 Å². The maximum absolute atomic E-state index is 14.7. The predicted molar refractivity (Wildman–Crippen MR) is 153 cm³/mol. The van der Waals surface area contributed by atoms with Crippen molar-refractivity contribution in [2.45, 2.75) is 50.7 Å². The van der Waals surface area contributed by atoms with Crippen LogP contribution in [0.5, 0.6) is 11.5 Å². The van der Waals surface area contributed by atoms with Crippen molar-refractivity contribution in [1.82, 2.24) is 10.2 Å². The first kappa shape index (κ1) is 30.8. The lowest BCUT2D eigenvalue weighted by Crippen LogP contribution is -2.52. The van der Waals surface area contributed by atoms with Crippen molar-refractivity contribution in [3.8, 4) is 11.5 Å². The van der Waals surface area contributed by atoms with Gasteiger partial charge in [0.2, 0.25) is 11.8 Å². The lowest BCUT2D eigenvalue weighted by atomic mass is 10.1. The van der Waals surface area contributed by atoms with Gasteiger partial charge in [-0.25, -0.2) is 17.2 Å². The van der Waals surface area contributed by atoms with E-state index in [1.54, 1.807) is 6.07 Å². The summed E-state index contributed by atoms with van der Waals surface area (Å²) in [6.07, 6.45) is 0.645. The average Bonchev–Trinajstić information content (AvgIpc) is 2.99. The summed E-state index contributed by atoms with van der Waals surface area (Å²) in [6.45, 7) is 4.70. The zero-order valence-electron chi connectivity index (χ0n) is 23.5. The van der Waals surface area contributed by atoms with Gasteiger partial charge in [-0.3, -0.25) is 13.9 Å². The number of amides is 2. The molecule has 12 heteroatoms. The van der Waals surface area contributed by atoms with E-state index in [9.17, 15) is 26.8 Å². The molecule has 3 aromatic carbocycles. The highest BCUT2D eigenvalue weighted by atomic mass is 32.2. The Morgan fingerprint density at radius 3 is 2.29 bits per heavy atom. The molecule has 1 heterocycles. The van der Waals surface area contributed by atoms with Crippen LogP contribution in [0.2, 0.25) is 0 Å². The number of hydrogen-bond donors (Lipinski definition) is 1. The highest BCUT2D eigenvalue weighted by molar-refractivity contribution is 7.92.